The summed E-state index contributed by atoms with van der Waals surface area (Å²) < 4.78 is 11.3. The predicted octanol–water partition coefficient (Wildman–Crippen LogP) is 4.29. The standard InChI is InChI=1S/C21H21N3O3/c1-14-19(24-20(25)16(3)26-17-10-6-4-7-11-17)15(2)23-21(22-14)27-18-12-8-5-9-13-18/h4-13,16H,1-3H3,(H,24,25). The van der Waals surface area contributed by atoms with E-state index in [0.29, 0.717) is 28.6 Å². The third-order valence-electron chi connectivity index (χ3n) is 3.88. The molecule has 0 aliphatic carbocycles. The SMILES string of the molecule is Cc1nc(Oc2ccccc2)nc(C)c1NC(=O)C(C)Oc1ccccc1. The number of para-hydroxylation sites is 2. The highest BCUT2D eigenvalue weighted by molar-refractivity contribution is 5.95. The van der Waals surface area contributed by atoms with Crippen molar-refractivity contribution in [3.05, 3.63) is 72.1 Å². The fourth-order valence-electron chi connectivity index (χ4n) is 2.49. The number of nitrogens with one attached hydrogen (secondary N) is 1. The third-order valence-corrected chi connectivity index (χ3v) is 3.88. The molecule has 6 nitrogen and oxygen atoms in total. The number of aromatic nitrogens is 2. The van der Waals surface area contributed by atoms with Crippen molar-refractivity contribution in [2.75, 3.05) is 5.32 Å². The first kappa shape index (κ1) is 18.4. The summed E-state index contributed by atoms with van der Waals surface area (Å²) in [4.78, 5) is 21.1. The maximum Gasteiger partial charge on any atom is 0.322 e. The number of benzene rings is 2. The van der Waals surface area contributed by atoms with Crippen molar-refractivity contribution < 1.29 is 14.3 Å². The van der Waals surface area contributed by atoms with Gasteiger partial charge in [-0.1, -0.05) is 36.4 Å². The van der Waals surface area contributed by atoms with Gasteiger partial charge < -0.3 is 14.8 Å². The van der Waals surface area contributed by atoms with E-state index in [9.17, 15) is 4.79 Å². The largest absolute Gasteiger partial charge is 0.481 e. The van der Waals surface area contributed by atoms with Gasteiger partial charge in [0, 0.05) is 0 Å². The summed E-state index contributed by atoms with van der Waals surface area (Å²) in [6.45, 7) is 5.29. The number of aryl methyl sites for hydroxylation is 2. The number of amides is 1. The lowest BCUT2D eigenvalue weighted by atomic mass is 10.2. The van der Waals surface area contributed by atoms with Gasteiger partial charge in [0.15, 0.2) is 6.10 Å². The lowest BCUT2D eigenvalue weighted by Crippen LogP contribution is -2.31. The van der Waals surface area contributed by atoms with Crippen molar-refractivity contribution in [1.82, 2.24) is 9.97 Å². The lowest BCUT2D eigenvalue weighted by Gasteiger charge is -2.17. The van der Waals surface area contributed by atoms with Crippen molar-refractivity contribution >= 4 is 11.6 Å². The van der Waals surface area contributed by atoms with Crippen molar-refractivity contribution in [2.45, 2.75) is 26.9 Å². The smallest absolute Gasteiger partial charge is 0.322 e. The van der Waals surface area contributed by atoms with Crippen LogP contribution in [0.4, 0.5) is 5.69 Å². The summed E-state index contributed by atoms with van der Waals surface area (Å²) in [6, 6.07) is 18.7. The van der Waals surface area contributed by atoms with E-state index >= 15 is 0 Å². The predicted molar refractivity (Wildman–Crippen MR) is 103 cm³/mol. The number of nitrogens with zero attached hydrogens (tertiary/aromatic N) is 2. The molecular formula is C21H21N3O3. The molecule has 3 aromatic rings. The quantitative estimate of drug-likeness (QED) is 0.707. The zero-order chi connectivity index (χ0) is 19.2. The minimum absolute atomic E-state index is 0.239. The number of ether oxygens (including phenoxy) is 2. The Morgan fingerprint density at radius 2 is 1.41 bits per heavy atom. The van der Waals surface area contributed by atoms with E-state index in [-0.39, 0.29) is 11.9 Å². The van der Waals surface area contributed by atoms with E-state index in [1.54, 1.807) is 32.9 Å². The van der Waals surface area contributed by atoms with E-state index in [2.05, 4.69) is 15.3 Å². The Kier molecular flexibility index (Phi) is 5.66. The van der Waals surface area contributed by atoms with Crippen molar-refractivity contribution in [1.29, 1.82) is 0 Å². The molecule has 0 saturated carbocycles. The van der Waals surface area contributed by atoms with Crippen LogP contribution >= 0.6 is 0 Å². The maximum atomic E-state index is 12.5. The van der Waals surface area contributed by atoms with Crippen molar-refractivity contribution in [3.63, 3.8) is 0 Å². The first-order chi connectivity index (χ1) is 13.0. The molecule has 0 aliphatic heterocycles. The lowest BCUT2D eigenvalue weighted by molar-refractivity contribution is -0.122. The Hall–Kier alpha value is -3.41. The molecule has 0 spiro atoms. The summed E-state index contributed by atoms with van der Waals surface area (Å²) in [6.07, 6.45) is -0.661. The number of rotatable bonds is 6. The molecule has 0 saturated heterocycles. The molecule has 27 heavy (non-hydrogen) atoms. The van der Waals surface area contributed by atoms with Crippen LogP contribution in [0.25, 0.3) is 0 Å². The molecule has 0 bridgehead atoms. The molecule has 1 unspecified atom stereocenters. The monoisotopic (exact) mass is 363 g/mol. The van der Waals surface area contributed by atoms with Gasteiger partial charge in [-0.3, -0.25) is 4.79 Å². The maximum absolute atomic E-state index is 12.5. The van der Waals surface area contributed by atoms with Gasteiger partial charge in [-0.05, 0) is 45.0 Å². The average molecular weight is 363 g/mol. The molecule has 1 atom stereocenters. The van der Waals surface area contributed by atoms with Gasteiger partial charge in [-0.2, -0.15) is 9.97 Å². The molecule has 1 heterocycles. The number of carbonyl (C=O) groups is 1. The van der Waals surface area contributed by atoms with Crippen LogP contribution in [0.5, 0.6) is 17.5 Å². The van der Waals surface area contributed by atoms with Crippen LogP contribution in [-0.2, 0) is 4.79 Å². The van der Waals surface area contributed by atoms with Crippen LogP contribution in [0.3, 0.4) is 0 Å². The third kappa shape index (κ3) is 4.82. The average Bonchev–Trinajstić information content (AvgIpc) is 2.66. The number of anilines is 1. The van der Waals surface area contributed by atoms with E-state index < -0.39 is 6.10 Å². The molecular weight excluding hydrogens is 342 g/mol. The molecule has 6 heteroatoms. The van der Waals surface area contributed by atoms with Gasteiger partial charge in [-0.25, -0.2) is 0 Å². The molecule has 138 valence electrons. The number of carbonyl (C=O) groups excluding carboxylic acids is 1. The van der Waals surface area contributed by atoms with E-state index in [1.165, 1.54) is 0 Å². The van der Waals surface area contributed by atoms with E-state index in [0.717, 1.165) is 0 Å². The second-order valence-corrected chi connectivity index (χ2v) is 6.03. The highest BCUT2D eigenvalue weighted by atomic mass is 16.5. The fourth-order valence-corrected chi connectivity index (χ4v) is 2.49. The Bertz CT molecular complexity index is 891. The van der Waals surface area contributed by atoms with Crippen LogP contribution in [-0.4, -0.2) is 22.0 Å². The zero-order valence-corrected chi connectivity index (χ0v) is 15.5. The van der Waals surface area contributed by atoms with Gasteiger partial charge >= 0.3 is 6.01 Å². The summed E-state index contributed by atoms with van der Waals surface area (Å²) in [7, 11) is 0. The van der Waals surface area contributed by atoms with Crippen molar-refractivity contribution in [2.24, 2.45) is 0 Å². The first-order valence-corrected chi connectivity index (χ1v) is 8.63. The molecule has 1 aromatic heterocycles. The molecule has 0 radical (unpaired) electrons. The first-order valence-electron chi connectivity index (χ1n) is 8.63. The van der Waals surface area contributed by atoms with Gasteiger partial charge in [0.2, 0.25) is 0 Å². The highest BCUT2D eigenvalue weighted by Crippen LogP contribution is 2.23. The molecule has 3 rings (SSSR count). The molecule has 0 aliphatic rings. The minimum Gasteiger partial charge on any atom is -0.481 e. The Morgan fingerprint density at radius 3 is 1.96 bits per heavy atom. The minimum atomic E-state index is -0.661. The Morgan fingerprint density at radius 1 is 0.889 bits per heavy atom. The zero-order valence-electron chi connectivity index (χ0n) is 15.5. The second kappa shape index (κ2) is 8.31. The summed E-state index contributed by atoms with van der Waals surface area (Å²) in [5, 5.41) is 2.85. The van der Waals surface area contributed by atoms with Crippen LogP contribution in [0.15, 0.2) is 60.7 Å². The van der Waals surface area contributed by atoms with Crippen molar-refractivity contribution in [3.8, 4) is 17.5 Å². The summed E-state index contributed by atoms with van der Waals surface area (Å²) >= 11 is 0. The van der Waals surface area contributed by atoms with Crippen LogP contribution < -0.4 is 14.8 Å². The summed E-state index contributed by atoms with van der Waals surface area (Å²) in [5.41, 5.74) is 1.80. The Labute approximate surface area is 158 Å². The molecule has 1 amide bonds. The number of hydrogen-bond donors (Lipinski definition) is 1. The van der Waals surface area contributed by atoms with Gasteiger partial charge in [0.05, 0.1) is 17.1 Å². The molecule has 1 N–H and O–H groups in total. The van der Waals surface area contributed by atoms with Crippen LogP contribution in [0.1, 0.15) is 18.3 Å². The molecule has 2 aromatic carbocycles. The van der Waals surface area contributed by atoms with E-state index in [1.807, 2.05) is 48.5 Å². The second-order valence-electron chi connectivity index (χ2n) is 6.03. The topological polar surface area (TPSA) is 73.3 Å². The van der Waals surface area contributed by atoms with Crippen LogP contribution in [0.2, 0.25) is 0 Å². The highest BCUT2D eigenvalue weighted by Gasteiger charge is 2.18. The Balaban J connectivity index is 1.70. The van der Waals surface area contributed by atoms with Crippen LogP contribution in [0, 0.1) is 13.8 Å². The van der Waals surface area contributed by atoms with Gasteiger partial charge in [0.1, 0.15) is 11.5 Å². The molecule has 0 fully saturated rings. The van der Waals surface area contributed by atoms with E-state index in [4.69, 9.17) is 9.47 Å². The normalized spacial score (nSPS) is 11.5. The summed E-state index contributed by atoms with van der Waals surface area (Å²) in [5.74, 6) is 1.01. The fraction of sp³-hybridized carbons (Fsp3) is 0.190. The van der Waals surface area contributed by atoms with Gasteiger partial charge in [-0.15, -0.1) is 0 Å². The number of hydrogen-bond acceptors (Lipinski definition) is 5. The van der Waals surface area contributed by atoms with Gasteiger partial charge in [0.25, 0.3) is 5.91 Å².